The molecular formula is C30H36BrN7O4. The summed E-state index contributed by atoms with van der Waals surface area (Å²) in [7, 11) is 0. The zero-order valence-corrected chi connectivity index (χ0v) is 25.6. The van der Waals surface area contributed by atoms with Gasteiger partial charge in [-0.05, 0) is 59.1 Å². The number of anilines is 1. The van der Waals surface area contributed by atoms with Crippen molar-refractivity contribution in [2.75, 3.05) is 44.3 Å². The summed E-state index contributed by atoms with van der Waals surface area (Å²) in [6, 6.07) is 9.00. The van der Waals surface area contributed by atoms with Gasteiger partial charge in [0.1, 0.15) is 15.9 Å². The summed E-state index contributed by atoms with van der Waals surface area (Å²) < 4.78 is 9.12. The number of unbranched alkanes of at least 4 members (excludes halogenated alkanes) is 1. The van der Waals surface area contributed by atoms with E-state index >= 15 is 0 Å². The number of aromatic amines is 1. The molecule has 0 aliphatic carbocycles. The second-order valence-corrected chi connectivity index (χ2v) is 11.2. The van der Waals surface area contributed by atoms with Gasteiger partial charge in [0.2, 0.25) is 0 Å². The maximum absolute atomic E-state index is 13.6. The lowest BCUT2D eigenvalue weighted by Gasteiger charge is -2.29. The van der Waals surface area contributed by atoms with Crippen molar-refractivity contribution in [2.24, 2.45) is 0 Å². The van der Waals surface area contributed by atoms with Gasteiger partial charge in [0.15, 0.2) is 0 Å². The Morgan fingerprint density at radius 2 is 1.81 bits per heavy atom. The van der Waals surface area contributed by atoms with Crippen molar-refractivity contribution in [1.29, 1.82) is 0 Å². The number of H-pyrrole nitrogens is 1. The summed E-state index contributed by atoms with van der Waals surface area (Å²) in [5.41, 5.74) is 2.30. The highest BCUT2D eigenvalue weighted by atomic mass is 79.9. The van der Waals surface area contributed by atoms with Crippen LogP contribution in [-0.2, 0) is 17.8 Å². The van der Waals surface area contributed by atoms with Crippen molar-refractivity contribution in [3.05, 3.63) is 73.7 Å². The van der Waals surface area contributed by atoms with Crippen molar-refractivity contribution >= 4 is 38.7 Å². The summed E-state index contributed by atoms with van der Waals surface area (Å²) in [6.45, 7) is 9.07. The van der Waals surface area contributed by atoms with Crippen molar-refractivity contribution in [3.8, 4) is 11.3 Å². The third kappa shape index (κ3) is 6.40. The minimum Gasteiger partial charge on any atom is -0.379 e. The largest absolute Gasteiger partial charge is 0.379 e. The standard InChI is InChI=1S/C30H36BrN7O4/c1-3-5-11-38-29(40)27-24(36(10-4-2)30(38)41)18-23(34-27)21-7-9-26(33-19-21)37(13-12-35-14-16-42-17-15-35)28(39)22-6-8-25(31)32-20-22/h6-9,18-20,34H,3-5,10-17H2,1-2H3. The molecule has 5 rings (SSSR count). The van der Waals surface area contributed by atoms with E-state index in [2.05, 4.69) is 35.8 Å². The Hall–Kier alpha value is -3.61. The highest BCUT2D eigenvalue weighted by molar-refractivity contribution is 9.10. The number of fused-ring (bicyclic) bond motifs is 1. The molecule has 0 spiro atoms. The first-order chi connectivity index (χ1) is 20.4. The van der Waals surface area contributed by atoms with E-state index in [0.717, 1.165) is 37.9 Å². The van der Waals surface area contributed by atoms with Crippen molar-refractivity contribution in [2.45, 2.75) is 46.2 Å². The number of rotatable bonds is 11. The minimum atomic E-state index is -0.311. The molecular weight excluding hydrogens is 602 g/mol. The van der Waals surface area contributed by atoms with Crippen LogP contribution in [0.5, 0.6) is 0 Å². The van der Waals surface area contributed by atoms with Crippen molar-refractivity contribution in [3.63, 3.8) is 0 Å². The van der Waals surface area contributed by atoms with Crippen LogP contribution in [0.3, 0.4) is 0 Å². The molecule has 0 aromatic carbocycles. The van der Waals surface area contributed by atoms with Crippen LogP contribution in [0.4, 0.5) is 5.82 Å². The molecule has 0 saturated carbocycles. The Morgan fingerprint density at radius 3 is 2.48 bits per heavy atom. The van der Waals surface area contributed by atoms with Gasteiger partial charge in [-0.2, -0.15) is 0 Å². The fourth-order valence-electron chi connectivity index (χ4n) is 5.15. The molecule has 12 heteroatoms. The van der Waals surface area contributed by atoms with E-state index in [1.54, 1.807) is 34.0 Å². The summed E-state index contributed by atoms with van der Waals surface area (Å²) in [5.74, 6) is 0.325. The smallest absolute Gasteiger partial charge is 0.331 e. The molecule has 222 valence electrons. The third-order valence-corrected chi connectivity index (χ3v) is 7.96. The second-order valence-electron chi connectivity index (χ2n) is 10.4. The van der Waals surface area contributed by atoms with Gasteiger partial charge in [-0.3, -0.25) is 28.5 Å². The zero-order chi connectivity index (χ0) is 29.6. The Labute approximate surface area is 252 Å². The van der Waals surface area contributed by atoms with E-state index in [9.17, 15) is 14.4 Å². The molecule has 0 atom stereocenters. The lowest BCUT2D eigenvalue weighted by Crippen LogP contribution is -2.43. The fourth-order valence-corrected chi connectivity index (χ4v) is 5.38. The molecule has 1 fully saturated rings. The maximum Gasteiger partial charge on any atom is 0.331 e. The Kier molecular flexibility index (Phi) is 9.65. The zero-order valence-electron chi connectivity index (χ0n) is 24.0. The van der Waals surface area contributed by atoms with Crippen LogP contribution in [0, 0.1) is 0 Å². The third-order valence-electron chi connectivity index (χ3n) is 7.49. The molecule has 1 saturated heterocycles. The second kappa shape index (κ2) is 13.6. The number of aromatic nitrogens is 5. The SMILES string of the molecule is CCCCn1c(=O)c2[nH]c(-c3ccc(N(CCN4CCOCC4)C(=O)c4ccc(Br)nc4)nc3)cc2n(CCC)c1=O. The molecule has 4 aromatic heterocycles. The number of nitrogens with one attached hydrogen (secondary N) is 1. The first-order valence-electron chi connectivity index (χ1n) is 14.5. The molecule has 0 radical (unpaired) electrons. The lowest BCUT2D eigenvalue weighted by atomic mass is 10.2. The number of carbonyl (C=O) groups excluding carboxylic acids is 1. The number of aryl methyl sites for hydroxylation is 1. The number of amides is 1. The molecule has 11 nitrogen and oxygen atoms in total. The van der Waals surface area contributed by atoms with Crippen LogP contribution >= 0.6 is 15.9 Å². The first-order valence-corrected chi connectivity index (χ1v) is 15.3. The van der Waals surface area contributed by atoms with E-state index in [0.29, 0.717) is 72.1 Å². The van der Waals surface area contributed by atoms with Gasteiger partial charge in [0.05, 0.1) is 24.3 Å². The quantitative estimate of drug-likeness (QED) is 0.248. The average molecular weight is 639 g/mol. The number of hydrogen-bond donors (Lipinski definition) is 1. The normalized spacial score (nSPS) is 14.0. The van der Waals surface area contributed by atoms with Gasteiger partial charge in [-0.1, -0.05) is 20.3 Å². The van der Waals surface area contributed by atoms with Crippen LogP contribution in [0.1, 0.15) is 43.5 Å². The topological polar surface area (TPSA) is 118 Å². The Morgan fingerprint density at radius 1 is 1.00 bits per heavy atom. The molecule has 1 aliphatic rings. The highest BCUT2D eigenvalue weighted by Gasteiger charge is 2.22. The van der Waals surface area contributed by atoms with Crippen LogP contribution in [0.2, 0.25) is 0 Å². The number of halogens is 1. The molecule has 1 N–H and O–H groups in total. The first kappa shape index (κ1) is 29.9. The summed E-state index contributed by atoms with van der Waals surface area (Å²) in [4.78, 5) is 56.1. The maximum atomic E-state index is 13.6. The van der Waals surface area contributed by atoms with E-state index in [4.69, 9.17) is 4.74 Å². The monoisotopic (exact) mass is 637 g/mol. The summed E-state index contributed by atoms with van der Waals surface area (Å²) >= 11 is 3.33. The predicted octanol–water partition coefficient (Wildman–Crippen LogP) is 3.90. The van der Waals surface area contributed by atoms with E-state index in [-0.39, 0.29) is 17.2 Å². The average Bonchev–Trinajstić information content (AvgIpc) is 3.46. The van der Waals surface area contributed by atoms with E-state index < -0.39 is 0 Å². The number of pyridine rings is 2. The van der Waals surface area contributed by atoms with Gasteiger partial charge in [-0.15, -0.1) is 0 Å². The predicted molar refractivity (Wildman–Crippen MR) is 166 cm³/mol. The van der Waals surface area contributed by atoms with Gasteiger partial charge >= 0.3 is 5.69 Å². The molecule has 4 aromatic rings. The number of carbonyl (C=O) groups is 1. The molecule has 0 bridgehead atoms. The van der Waals surface area contributed by atoms with Gasteiger partial charge in [-0.25, -0.2) is 14.8 Å². The van der Waals surface area contributed by atoms with Gasteiger partial charge in [0, 0.05) is 62.9 Å². The molecule has 42 heavy (non-hydrogen) atoms. The molecule has 5 heterocycles. The van der Waals surface area contributed by atoms with Gasteiger partial charge < -0.3 is 9.72 Å². The number of morpholine rings is 1. The summed E-state index contributed by atoms with van der Waals surface area (Å²) in [5, 5.41) is 0. The summed E-state index contributed by atoms with van der Waals surface area (Å²) in [6.07, 6.45) is 5.64. The molecule has 1 aliphatic heterocycles. The Bertz CT molecular complexity index is 1640. The van der Waals surface area contributed by atoms with Crippen LogP contribution in [0.25, 0.3) is 22.3 Å². The van der Waals surface area contributed by atoms with Crippen molar-refractivity contribution in [1.82, 2.24) is 29.0 Å². The number of hydrogen-bond acceptors (Lipinski definition) is 7. The minimum absolute atomic E-state index is 0.190. The fraction of sp³-hybridized carbons (Fsp3) is 0.433. The Balaban J connectivity index is 1.47. The number of ether oxygens (including phenoxy) is 1. The number of nitrogens with zero attached hydrogens (tertiary/aromatic N) is 6. The van der Waals surface area contributed by atoms with Crippen LogP contribution < -0.4 is 16.1 Å². The highest BCUT2D eigenvalue weighted by Crippen LogP contribution is 2.24. The van der Waals surface area contributed by atoms with Crippen molar-refractivity contribution < 1.29 is 9.53 Å². The molecule has 0 unspecified atom stereocenters. The van der Waals surface area contributed by atoms with E-state index in [1.165, 1.54) is 4.57 Å². The molecule has 1 amide bonds. The van der Waals surface area contributed by atoms with Crippen LogP contribution in [0.15, 0.2) is 56.9 Å². The van der Waals surface area contributed by atoms with Gasteiger partial charge in [0.25, 0.3) is 11.5 Å². The van der Waals surface area contributed by atoms with E-state index in [1.807, 2.05) is 32.0 Å². The lowest BCUT2D eigenvalue weighted by molar-refractivity contribution is 0.0391. The van der Waals surface area contributed by atoms with Crippen LogP contribution in [-0.4, -0.2) is 74.3 Å².